The minimum atomic E-state index is -1.02. The lowest BCUT2D eigenvalue weighted by atomic mass is 10.1. The monoisotopic (exact) mass is 351 g/mol. The molecule has 2 aromatic rings. The highest BCUT2D eigenvalue weighted by Crippen LogP contribution is 2.24. The maximum absolute atomic E-state index is 13.2. The summed E-state index contributed by atoms with van der Waals surface area (Å²) in [4.78, 5) is 27.3. The molecule has 0 spiro atoms. The molecule has 1 amide bonds. The molecule has 1 aromatic heterocycles. The molecule has 126 valence electrons. The summed E-state index contributed by atoms with van der Waals surface area (Å²) < 4.78 is 31.4. The summed E-state index contributed by atoms with van der Waals surface area (Å²) in [5.74, 6) is -3.00. The van der Waals surface area contributed by atoms with Gasteiger partial charge in [0.2, 0.25) is 0 Å². The first-order valence-electron chi connectivity index (χ1n) is 7.45. The van der Waals surface area contributed by atoms with Crippen molar-refractivity contribution in [3.8, 4) is 0 Å². The van der Waals surface area contributed by atoms with Gasteiger partial charge in [0.05, 0.1) is 5.56 Å². The van der Waals surface area contributed by atoms with Crippen LogP contribution in [0, 0.1) is 11.6 Å². The van der Waals surface area contributed by atoms with Gasteiger partial charge in [-0.1, -0.05) is 0 Å². The fourth-order valence-electron chi connectivity index (χ4n) is 2.64. The summed E-state index contributed by atoms with van der Waals surface area (Å²) in [6.07, 6.45) is -0.252. The lowest BCUT2D eigenvalue weighted by Gasteiger charge is -2.29. The normalized spacial score (nSPS) is 14.9. The van der Waals surface area contributed by atoms with E-state index < -0.39 is 23.7 Å². The quantitative estimate of drug-likeness (QED) is 0.798. The van der Waals surface area contributed by atoms with E-state index in [-0.39, 0.29) is 11.5 Å². The zero-order valence-electron chi connectivity index (χ0n) is 12.9. The first-order valence-corrected chi connectivity index (χ1v) is 8.33. The van der Waals surface area contributed by atoms with Crippen molar-refractivity contribution in [3.05, 3.63) is 57.3 Å². The number of nitrogens with zero attached hydrogens (tertiary/aromatic N) is 1. The van der Waals surface area contributed by atoms with Crippen molar-refractivity contribution in [2.45, 2.75) is 26.0 Å². The van der Waals surface area contributed by atoms with Crippen LogP contribution in [0.4, 0.5) is 8.78 Å². The zero-order valence-corrected chi connectivity index (χ0v) is 13.7. The Bertz CT molecular complexity index is 770. The molecule has 0 fully saturated rings. The molecule has 1 aliphatic rings. The van der Waals surface area contributed by atoms with Crippen LogP contribution in [0.1, 0.15) is 27.7 Å². The van der Waals surface area contributed by atoms with Gasteiger partial charge < -0.3 is 9.64 Å². The molecule has 0 N–H and O–H groups in total. The Kier molecular flexibility index (Phi) is 4.62. The molecule has 0 aliphatic carbocycles. The third-order valence-corrected chi connectivity index (χ3v) is 4.87. The number of halogens is 2. The second-order valence-electron chi connectivity index (χ2n) is 5.58. The van der Waals surface area contributed by atoms with Gasteiger partial charge in [-0.3, -0.25) is 4.79 Å². The number of hydrogen-bond acceptors (Lipinski definition) is 4. The van der Waals surface area contributed by atoms with Gasteiger partial charge in [-0.25, -0.2) is 13.6 Å². The van der Waals surface area contributed by atoms with Crippen molar-refractivity contribution in [3.63, 3.8) is 0 Å². The fraction of sp³-hybridized carbons (Fsp3) is 0.294. The van der Waals surface area contributed by atoms with Gasteiger partial charge in [-0.05, 0) is 42.5 Å². The smallest absolute Gasteiger partial charge is 0.339 e. The molecule has 7 heteroatoms. The number of benzene rings is 1. The molecule has 4 nitrogen and oxygen atoms in total. The van der Waals surface area contributed by atoms with Gasteiger partial charge in [0.1, 0.15) is 11.6 Å². The van der Waals surface area contributed by atoms with Gasteiger partial charge in [0, 0.05) is 24.0 Å². The lowest BCUT2D eigenvalue weighted by molar-refractivity contribution is -0.140. The highest BCUT2D eigenvalue weighted by molar-refractivity contribution is 7.10. The fourth-order valence-corrected chi connectivity index (χ4v) is 3.53. The molecule has 3 rings (SSSR count). The minimum absolute atomic E-state index is 0.258. The maximum atomic E-state index is 13.2. The van der Waals surface area contributed by atoms with E-state index in [2.05, 4.69) is 0 Å². The van der Waals surface area contributed by atoms with Crippen molar-refractivity contribution >= 4 is 23.2 Å². The lowest BCUT2D eigenvalue weighted by Crippen LogP contribution is -2.42. The van der Waals surface area contributed by atoms with Crippen molar-refractivity contribution in [2.24, 2.45) is 0 Å². The molecule has 1 atom stereocenters. The molecule has 1 aromatic carbocycles. The van der Waals surface area contributed by atoms with Crippen molar-refractivity contribution < 1.29 is 23.1 Å². The van der Waals surface area contributed by atoms with Crippen molar-refractivity contribution in [2.75, 3.05) is 6.54 Å². The summed E-state index contributed by atoms with van der Waals surface area (Å²) in [7, 11) is 0. The Morgan fingerprint density at radius 3 is 2.67 bits per heavy atom. The van der Waals surface area contributed by atoms with E-state index in [0.29, 0.717) is 19.2 Å². The predicted molar refractivity (Wildman–Crippen MR) is 84.7 cm³/mol. The molecule has 2 heterocycles. The van der Waals surface area contributed by atoms with Crippen LogP contribution >= 0.6 is 11.3 Å². The number of esters is 1. The Balaban J connectivity index is 1.65. The van der Waals surface area contributed by atoms with Crippen LogP contribution in [-0.2, 0) is 22.5 Å². The van der Waals surface area contributed by atoms with Gasteiger partial charge in [-0.15, -0.1) is 11.3 Å². The van der Waals surface area contributed by atoms with E-state index in [1.54, 1.807) is 16.2 Å². The van der Waals surface area contributed by atoms with Crippen LogP contribution < -0.4 is 0 Å². The van der Waals surface area contributed by atoms with Crippen LogP contribution in [0.3, 0.4) is 0 Å². The SMILES string of the molecule is CC(OC(=O)c1cc(F)cc(F)c1)C(=O)N1CCc2sccc2C1. The Morgan fingerprint density at radius 2 is 1.96 bits per heavy atom. The van der Waals surface area contributed by atoms with Gasteiger partial charge in [0.25, 0.3) is 5.91 Å². The number of thiophene rings is 1. The number of ether oxygens (including phenoxy) is 1. The predicted octanol–water partition coefficient (Wildman–Crippen LogP) is 3.16. The Labute approximate surface area is 141 Å². The standard InChI is InChI=1S/C17H15F2NO3S/c1-10(23-17(22)12-6-13(18)8-14(19)7-12)16(21)20-4-2-15-11(9-20)3-5-24-15/h3,5-8,10H,2,4,9H2,1H3. The van der Waals surface area contributed by atoms with Crippen LogP contribution in [0.15, 0.2) is 29.6 Å². The number of amides is 1. The van der Waals surface area contributed by atoms with Crippen LogP contribution in [0.2, 0.25) is 0 Å². The Morgan fingerprint density at radius 1 is 1.25 bits per heavy atom. The van der Waals surface area contributed by atoms with E-state index in [4.69, 9.17) is 4.74 Å². The van der Waals surface area contributed by atoms with Crippen molar-refractivity contribution in [1.82, 2.24) is 4.90 Å². The van der Waals surface area contributed by atoms with E-state index in [1.807, 2.05) is 11.4 Å². The highest BCUT2D eigenvalue weighted by atomic mass is 32.1. The topological polar surface area (TPSA) is 46.6 Å². The Hall–Kier alpha value is -2.28. The summed E-state index contributed by atoms with van der Waals surface area (Å²) in [5.41, 5.74) is 0.844. The molecule has 1 unspecified atom stereocenters. The summed E-state index contributed by atoms with van der Waals surface area (Å²) in [5, 5.41) is 1.99. The molecule has 0 saturated carbocycles. The van der Waals surface area contributed by atoms with Gasteiger partial charge in [-0.2, -0.15) is 0 Å². The van der Waals surface area contributed by atoms with Gasteiger partial charge >= 0.3 is 5.97 Å². The second kappa shape index (κ2) is 6.68. The third-order valence-electron chi connectivity index (χ3n) is 3.85. The highest BCUT2D eigenvalue weighted by Gasteiger charge is 2.28. The molecule has 0 radical (unpaired) electrons. The minimum Gasteiger partial charge on any atom is -0.449 e. The van der Waals surface area contributed by atoms with Crippen molar-refractivity contribution in [1.29, 1.82) is 0 Å². The number of carbonyl (C=O) groups excluding carboxylic acids is 2. The second-order valence-corrected chi connectivity index (χ2v) is 6.59. The number of rotatable bonds is 3. The summed E-state index contributed by atoms with van der Waals surface area (Å²) >= 11 is 1.66. The molecule has 24 heavy (non-hydrogen) atoms. The zero-order chi connectivity index (χ0) is 17.3. The molecule has 1 aliphatic heterocycles. The molecular weight excluding hydrogens is 336 g/mol. The summed E-state index contributed by atoms with van der Waals surface area (Å²) in [6.45, 7) is 2.50. The molecule has 0 saturated heterocycles. The van der Waals surface area contributed by atoms with Crippen LogP contribution in [0.25, 0.3) is 0 Å². The van der Waals surface area contributed by atoms with E-state index in [1.165, 1.54) is 11.8 Å². The summed E-state index contributed by atoms with van der Waals surface area (Å²) in [6, 6.07) is 4.39. The average molecular weight is 351 g/mol. The molecular formula is C17H15F2NO3S. The number of hydrogen-bond donors (Lipinski definition) is 0. The maximum Gasteiger partial charge on any atom is 0.339 e. The first kappa shape index (κ1) is 16.6. The first-order chi connectivity index (χ1) is 11.4. The van der Waals surface area contributed by atoms with E-state index in [9.17, 15) is 18.4 Å². The van der Waals surface area contributed by atoms with Crippen LogP contribution in [0.5, 0.6) is 0 Å². The molecule has 0 bridgehead atoms. The number of carbonyl (C=O) groups is 2. The van der Waals surface area contributed by atoms with E-state index >= 15 is 0 Å². The van der Waals surface area contributed by atoms with Crippen LogP contribution in [-0.4, -0.2) is 29.4 Å². The largest absolute Gasteiger partial charge is 0.449 e. The number of fused-ring (bicyclic) bond motifs is 1. The van der Waals surface area contributed by atoms with Gasteiger partial charge in [0.15, 0.2) is 6.10 Å². The van der Waals surface area contributed by atoms with E-state index in [0.717, 1.165) is 24.1 Å². The third kappa shape index (κ3) is 3.46. The average Bonchev–Trinajstić information content (AvgIpc) is 3.00.